The lowest BCUT2D eigenvalue weighted by Crippen LogP contribution is -2.37. The second-order valence-electron chi connectivity index (χ2n) is 4.54. The topological polar surface area (TPSA) is 79.5 Å². The van der Waals surface area contributed by atoms with E-state index in [0.717, 1.165) is 5.56 Å². The van der Waals surface area contributed by atoms with E-state index in [1.54, 1.807) is 11.9 Å². The fourth-order valence-corrected chi connectivity index (χ4v) is 2.01. The van der Waals surface area contributed by atoms with E-state index in [9.17, 15) is 4.79 Å². The molecule has 106 valence electrons. The van der Waals surface area contributed by atoms with Crippen molar-refractivity contribution in [2.75, 3.05) is 7.05 Å². The minimum Gasteiger partial charge on any atom is -0.480 e. The lowest BCUT2D eigenvalue weighted by molar-refractivity contribution is -0.143. The van der Waals surface area contributed by atoms with Crippen LogP contribution in [0.1, 0.15) is 19.2 Å². The van der Waals surface area contributed by atoms with Gasteiger partial charge in [-0.2, -0.15) is 0 Å². The van der Waals surface area contributed by atoms with Crippen molar-refractivity contribution < 1.29 is 14.3 Å². The Kier molecular flexibility index (Phi) is 4.47. The highest BCUT2D eigenvalue weighted by atomic mass is 16.4. The first-order valence-electron chi connectivity index (χ1n) is 6.42. The summed E-state index contributed by atoms with van der Waals surface area (Å²) in [4.78, 5) is 12.8. The summed E-state index contributed by atoms with van der Waals surface area (Å²) in [6.45, 7) is 2.14. The first kappa shape index (κ1) is 14.2. The van der Waals surface area contributed by atoms with Crippen molar-refractivity contribution in [2.45, 2.75) is 25.9 Å². The zero-order valence-electron chi connectivity index (χ0n) is 11.5. The van der Waals surface area contributed by atoms with E-state index in [0.29, 0.717) is 24.7 Å². The highest BCUT2D eigenvalue weighted by Crippen LogP contribution is 2.18. The number of hydrogen-bond donors (Lipinski definition) is 1. The molecule has 1 unspecified atom stereocenters. The number of aliphatic carboxylic acids is 1. The van der Waals surface area contributed by atoms with Gasteiger partial charge in [0.2, 0.25) is 11.8 Å². The number of aromatic nitrogens is 2. The van der Waals surface area contributed by atoms with Gasteiger partial charge in [0.1, 0.15) is 6.04 Å². The average Bonchev–Trinajstić information content (AvgIpc) is 2.88. The van der Waals surface area contributed by atoms with E-state index in [4.69, 9.17) is 9.52 Å². The highest BCUT2D eigenvalue weighted by Gasteiger charge is 2.22. The Bertz CT molecular complexity index is 568. The Hall–Kier alpha value is -2.21. The summed E-state index contributed by atoms with van der Waals surface area (Å²) in [7, 11) is 1.73. The molecule has 0 fully saturated rings. The van der Waals surface area contributed by atoms with E-state index >= 15 is 0 Å². The molecular weight excluding hydrogens is 258 g/mol. The van der Waals surface area contributed by atoms with Gasteiger partial charge in [-0.15, -0.1) is 10.2 Å². The van der Waals surface area contributed by atoms with Crippen molar-refractivity contribution in [1.29, 1.82) is 0 Å². The van der Waals surface area contributed by atoms with E-state index < -0.39 is 12.0 Å². The molecule has 1 atom stereocenters. The second-order valence-corrected chi connectivity index (χ2v) is 4.54. The minimum atomic E-state index is -0.849. The standard InChI is InChI=1S/C14H17N3O3/c1-3-11(14(18)19)17(2)9-12-15-16-13(20-12)10-7-5-4-6-8-10/h4-8,11H,3,9H2,1-2H3,(H,18,19). The third kappa shape index (κ3) is 3.21. The molecule has 1 aromatic carbocycles. The average molecular weight is 275 g/mol. The highest BCUT2D eigenvalue weighted by molar-refractivity contribution is 5.73. The van der Waals surface area contributed by atoms with Gasteiger partial charge in [0.15, 0.2) is 0 Å². The van der Waals surface area contributed by atoms with Gasteiger partial charge in [-0.1, -0.05) is 25.1 Å². The predicted octanol–water partition coefficient (Wildman–Crippen LogP) is 2.03. The van der Waals surface area contributed by atoms with Crippen molar-refractivity contribution in [2.24, 2.45) is 0 Å². The van der Waals surface area contributed by atoms with Crippen molar-refractivity contribution >= 4 is 5.97 Å². The second kappa shape index (κ2) is 6.29. The van der Waals surface area contributed by atoms with Gasteiger partial charge >= 0.3 is 5.97 Å². The molecule has 1 aromatic heterocycles. The molecule has 0 saturated heterocycles. The number of nitrogens with zero attached hydrogens (tertiary/aromatic N) is 3. The monoisotopic (exact) mass is 275 g/mol. The molecule has 6 heteroatoms. The van der Waals surface area contributed by atoms with E-state index in [1.165, 1.54) is 0 Å². The van der Waals surface area contributed by atoms with Crippen LogP contribution < -0.4 is 0 Å². The summed E-state index contributed by atoms with van der Waals surface area (Å²) >= 11 is 0. The SMILES string of the molecule is CCC(C(=O)O)N(C)Cc1nnc(-c2ccccc2)o1. The molecular formula is C14H17N3O3. The Labute approximate surface area is 117 Å². The van der Waals surface area contributed by atoms with Gasteiger partial charge in [-0.3, -0.25) is 9.69 Å². The number of benzene rings is 1. The normalized spacial score (nSPS) is 12.6. The summed E-state index contributed by atoms with van der Waals surface area (Å²) in [5.41, 5.74) is 0.846. The van der Waals surface area contributed by atoms with Gasteiger partial charge in [0, 0.05) is 5.56 Å². The molecule has 0 saturated carbocycles. The molecule has 0 bridgehead atoms. The van der Waals surface area contributed by atoms with Crippen LogP contribution in [0.2, 0.25) is 0 Å². The lowest BCUT2D eigenvalue weighted by Gasteiger charge is -2.21. The fourth-order valence-electron chi connectivity index (χ4n) is 2.01. The third-order valence-electron chi connectivity index (χ3n) is 3.08. The molecule has 0 radical (unpaired) electrons. The molecule has 0 amide bonds. The van der Waals surface area contributed by atoms with Gasteiger partial charge in [0.05, 0.1) is 6.54 Å². The first-order valence-corrected chi connectivity index (χ1v) is 6.42. The summed E-state index contributed by atoms with van der Waals surface area (Å²) in [6.07, 6.45) is 0.519. The van der Waals surface area contributed by atoms with E-state index in [2.05, 4.69) is 10.2 Å². The van der Waals surface area contributed by atoms with E-state index in [1.807, 2.05) is 37.3 Å². The van der Waals surface area contributed by atoms with Crippen LogP contribution in [-0.2, 0) is 11.3 Å². The summed E-state index contributed by atoms with van der Waals surface area (Å²) in [5.74, 6) is 0.00113. The molecule has 0 aliphatic carbocycles. The zero-order valence-corrected chi connectivity index (χ0v) is 11.5. The van der Waals surface area contributed by atoms with Crippen LogP contribution in [0.4, 0.5) is 0 Å². The van der Waals surface area contributed by atoms with Crippen LogP contribution in [0.25, 0.3) is 11.5 Å². The van der Waals surface area contributed by atoms with Crippen LogP contribution in [0.3, 0.4) is 0 Å². The van der Waals surface area contributed by atoms with Gasteiger partial charge in [0.25, 0.3) is 0 Å². The number of carbonyl (C=O) groups is 1. The molecule has 0 spiro atoms. The fraction of sp³-hybridized carbons (Fsp3) is 0.357. The minimum absolute atomic E-state index is 0.310. The van der Waals surface area contributed by atoms with Crippen LogP contribution in [0.5, 0.6) is 0 Å². The van der Waals surface area contributed by atoms with Crippen LogP contribution in [0.15, 0.2) is 34.7 Å². The number of carboxylic acids is 1. The van der Waals surface area contributed by atoms with Gasteiger partial charge in [-0.25, -0.2) is 0 Å². The number of carboxylic acid groups (broad SMARTS) is 1. The Morgan fingerprint density at radius 3 is 2.65 bits per heavy atom. The lowest BCUT2D eigenvalue weighted by atomic mass is 10.2. The Morgan fingerprint density at radius 1 is 1.35 bits per heavy atom. The van der Waals surface area contributed by atoms with E-state index in [-0.39, 0.29) is 0 Å². The van der Waals surface area contributed by atoms with Crippen molar-refractivity contribution in [3.05, 3.63) is 36.2 Å². The molecule has 0 aliphatic rings. The molecule has 20 heavy (non-hydrogen) atoms. The smallest absolute Gasteiger partial charge is 0.320 e. The Balaban J connectivity index is 2.08. The maximum absolute atomic E-state index is 11.1. The quantitative estimate of drug-likeness (QED) is 0.869. The first-order chi connectivity index (χ1) is 9.61. The van der Waals surface area contributed by atoms with Gasteiger partial charge in [-0.05, 0) is 25.6 Å². The molecule has 1 N–H and O–H groups in total. The molecule has 2 rings (SSSR count). The number of hydrogen-bond acceptors (Lipinski definition) is 5. The van der Waals surface area contributed by atoms with Crippen molar-refractivity contribution in [1.82, 2.24) is 15.1 Å². The van der Waals surface area contributed by atoms with Crippen LogP contribution in [0, 0.1) is 0 Å². The van der Waals surface area contributed by atoms with Gasteiger partial charge < -0.3 is 9.52 Å². The third-order valence-corrected chi connectivity index (χ3v) is 3.08. The summed E-state index contributed by atoms with van der Waals surface area (Å²) in [6, 6.07) is 8.90. The number of likely N-dealkylation sites (N-methyl/N-ethyl adjacent to an activating group) is 1. The molecule has 2 aromatic rings. The predicted molar refractivity (Wildman–Crippen MR) is 72.9 cm³/mol. The maximum atomic E-state index is 11.1. The van der Waals surface area contributed by atoms with Crippen LogP contribution in [-0.4, -0.2) is 39.3 Å². The summed E-state index contributed by atoms with van der Waals surface area (Å²) in [5, 5.41) is 17.0. The molecule has 1 heterocycles. The molecule has 0 aliphatic heterocycles. The largest absolute Gasteiger partial charge is 0.480 e. The summed E-state index contributed by atoms with van der Waals surface area (Å²) < 4.78 is 5.56. The van der Waals surface area contributed by atoms with Crippen molar-refractivity contribution in [3.63, 3.8) is 0 Å². The Morgan fingerprint density at radius 2 is 2.05 bits per heavy atom. The van der Waals surface area contributed by atoms with Crippen LogP contribution >= 0.6 is 0 Å². The number of rotatable bonds is 6. The molecule has 6 nitrogen and oxygen atoms in total. The van der Waals surface area contributed by atoms with Crippen molar-refractivity contribution in [3.8, 4) is 11.5 Å². The zero-order chi connectivity index (χ0) is 14.5. The maximum Gasteiger partial charge on any atom is 0.320 e.